The number of hydrogen-bond donors (Lipinski definition) is 1. The van der Waals surface area contributed by atoms with Crippen LogP contribution in [0.2, 0.25) is 0 Å². The van der Waals surface area contributed by atoms with Crippen molar-refractivity contribution in [2.45, 2.75) is 19.9 Å². The number of halogens is 1. The molecule has 5 heteroatoms. The maximum Gasteiger partial charge on any atom is 0.252 e. The van der Waals surface area contributed by atoms with Gasteiger partial charge in [0.1, 0.15) is 0 Å². The van der Waals surface area contributed by atoms with Crippen molar-refractivity contribution in [1.82, 2.24) is 14.9 Å². The first kappa shape index (κ1) is 13.8. The molecule has 0 aliphatic rings. The fourth-order valence-corrected chi connectivity index (χ4v) is 2.22. The van der Waals surface area contributed by atoms with E-state index >= 15 is 0 Å². The van der Waals surface area contributed by atoms with E-state index < -0.39 is 0 Å². The van der Waals surface area contributed by atoms with Crippen LogP contribution in [-0.4, -0.2) is 22.0 Å². The number of rotatable bonds is 5. The number of hydrogen-bond acceptors (Lipinski definition) is 2. The van der Waals surface area contributed by atoms with E-state index in [1.165, 1.54) is 0 Å². The third-order valence-corrected chi connectivity index (χ3v) is 3.50. The number of nitrogens with one attached hydrogen (secondary N) is 1. The van der Waals surface area contributed by atoms with E-state index in [2.05, 4.69) is 26.2 Å². The van der Waals surface area contributed by atoms with E-state index in [4.69, 9.17) is 0 Å². The van der Waals surface area contributed by atoms with E-state index in [9.17, 15) is 4.79 Å². The van der Waals surface area contributed by atoms with Gasteiger partial charge in [-0.05, 0) is 41.4 Å². The molecule has 1 aromatic carbocycles. The first-order chi connectivity index (χ1) is 9.16. The summed E-state index contributed by atoms with van der Waals surface area (Å²) in [5.74, 6) is -0.0405. The topological polar surface area (TPSA) is 46.9 Å². The van der Waals surface area contributed by atoms with Crippen molar-refractivity contribution in [3.8, 4) is 0 Å². The summed E-state index contributed by atoms with van der Waals surface area (Å²) in [7, 11) is 0. The van der Waals surface area contributed by atoms with Crippen LogP contribution in [0.3, 0.4) is 0 Å². The van der Waals surface area contributed by atoms with Crippen molar-refractivity contribution in [2.24, 2.45) is 0 Å². The number of benzene rings is 1. The predicted octanol–water partition coefficient (Wildman–Crippen LogP) is 2.77. The average Bonchev–Trinajstić information content (AvgIpc) is 2.90. The Balaban J connectivity index is 1.82. The lowest BCUT2D eigenvalue weighted by molar-refractivity contribution is 0.0952. The third-order valence-electron chi connectivity index (χ3n) is 2.80. The second kappa shape index (κ2) is 6.52. The molecule has 2 aromatic rings. The van der Waals surface area contributed by atoms with E-state index in [-0.39, 0.29) is 5.91 Å². The van der Waals surface area contributed by atoms with Gasteiger partial charge in [0.2, 0.25) is 0 Å². The van der Waals surface area contributed by atoms with Crippen LogP contribution in [0, 0.1) is 6.92 Å². The number of aryl methyl sites for hydroxylation is 2. The lowest BCUT2D eigenvalue weighted by atomic mass is 10.1. The van der Waals surface area contributed by atoms with Gasteiger partial charge in [-0.3, -0.25) is 4.79 Å². The van der Waals surface area contributed by atoms with Crippen LogP contribution >= 0.6 is 15.9 Å². The Labute approximate surface area is 121 Å². The zero-order valence-corrected chi connectivity index (χ0v) is 12.4. The number of amides is 1. The highest BCUT2D eigenvalue weighted by molar-refractivity contribution is 9.10. The van der Waals surface area contributed by atoms with Crippen molar-refractivity contribution in [3.63, 3.8) is 0 Å². The first-order valence-electron chi connectivity index (χ1n) is 6.17. The molecule has 0 aliphatic heterocycles. The number of carbonyl (C=O) groups is 1. The maximum absolute atomic E-state index is 12.0. The van der Waals surface area contributed by atoms with Gasteiger partial charge in [0.05, 0.1) is 11.9 Å². The molecule has 2 rings (SSSR count). The van der Waals surface area contributed by atoms with Gasteiger partial charge in [-0.1, -0.05) is 11.6 Å². The summed E-state index contributed by atoms with van der Waals surface area (Å²) in [4.78, 5) is 16.0. The summed E-state index contributed by atoms with van der Waals surface area (Å²) < 4.78 is 2.82. The largest absolute Gasteiger partial charge is 0.352 e. The highest BCUT2D eigenvalue weighted by Crippen LogP contribution is 2.17. The fourth-order valence-electron chi connectivity index (χ4n) is 1.79. The van der Waals surface area contributed by atoms with Crippen molar-refractivity contribution in [2.75, 3.05) is 6.54 Å². The van der Waals surface area contributed by atoms with Crippen molar-refractivity contribution >= 4 is 21.8 Å². The third kappa shape index (κ3) is 3.92. The number of carbonyl (C=O) groups excluding carboxylic acids is 1. The molecule has 0 aliphatic carbocycles. The molecular weight excluding hydrogens is 306 g/mol. The van der Waals surface area contributed by atoms with E-state index in [0.717, 1.165) is 23.0 Å². The summed E-state index contributed by atoms with van der Waals surface area (Å²) in [6, 6.07) is 5.75. The van der Waals surface area contributed by atoms with Crippen LogP contribution in [-0.2, 0) is 6.54 Å². The molecule has 19 heavy (non-hydrogen) atoms. The number of imidazole rings is 1. The molecule has 4 nitrogen and oxygen atoms in total. The smallest absolute Gasteiger partial charge is 0.252 e. The normalized spacial score (nSPS) is 10.4. The van der Waals surface area contributed by atoms with E-state index in [0.29, 0.717) is 12.1 Å². The monoisotopic (exact) mass is 321 g/mol. The Morgan fingerprint density at radius 3 is 3.05 bits per heavy atom. The van der Waals surface area contributed by atoms with Crippen molar-refractivity contribution in [3.05, 3.63) is 52.5 Å². The van der Waals surface area contributed by atoms with Gasteiger partial charge in [0, 0.05) is 30.0 Å². The summed E-state index contributed by atoms with van der Waals surface area (Å²) >= 11 is 3.40. The molecule has 1 amide bonds. The van der Waals surface area contributed by atoms with Gasteiger partial charge in [0.25, 0.3) is 5.91 Å². The lowest BCUT2D eigenvalue weighted by Gasteiger charge is -2.08. The zero-order chi connectivity index (χ0) is 13.7. The van der Waals surface area contributed by atoms with Crippen LogP contribution < -0.4 is 5.32 Å². The minimum absolute atomic E-state index is 0.0405. The van der Waals surface area contributed by atoms with Crippen LogP contribution in [0.1, 0.15) is 22.3 Å². The molecule has 0 atom stereocenters. The van der Waals surface area contributed by atoms with Crippen LogP contribution in [0.25, 0.3) is 0 Å². The number of aromatic nitrogens is 2. The van der Waals surface area contributed by atoms with E-state index in [1.807, 2.05) is 35.9 Å². The molecule has 0 bridgehead atoms. The zero-order valence-electron chi connectivity index (χ0n) is 10.8. The average molecular weight is 322 g/mol. The molecule has 0 fully saturated rings. The molecule has 1 N–H and O–H groups in total. The Morgan fingerprint density at radius 2 is 2.32 bits per heavy atom. The Bertz CT molecular complexity index is 552. The van der Waals surface area contributed by atoms with Gasteiger partial charge in [0.15, 0.2) is 0 Å². The Hall–Kier alpha value is -1.62. The second-order valence-electron chi connectivity index (χ2n) is 4.39. The fraction of sp³-hybridized carbons (Fsp3) is 0.286. The lowest BCUT2D eigenvalue weighted by Crippen LogP contribution is -2.25. The highest BCUT2D eigenvalue weighted by Gasteiger charge is 2.09. The standard InChI is InChI=1S/C14H16BrN3O/c1-11-3-4-13(15)12(9-11)14(19)17-5-2-7-18-8-6-16-10-18/h3-4,6,8-10H,2,5,7H2,1H3,(H,17,19). The summed E-state index contributed by atoms with van der Waals surface area (Å²) in [5, 5.41) is 2.93. The minimum atomic E-state index is -0.0405. The van der Waals surface area contributed by atoms with Gasteiger partial charge in [-0.25, -0.2) is 4.98 Å². The molecule has 1 heterocycles. The molecule has 100 valence electrons. The van der Waals surface area contributed by atoms with Crippen molar-refractivity contribution < 1.29 is 4.79 Å². The van der Waals surface area contributed by atoms with Gasteiger partial charge in [-0.2, -0.15) is 0 Å². The van der Waals surface area contributed by atoms with Gasteiger partial charge >= 0.3 is 0 Å². The molecular formula is C14H16BrN3O. The SMILES string of the molecule is Cc1ccc(Br)c(C(=O)NCCCn2ccnc2)c1. The summed E-state index contributed by atoms with van der Waals surface area (Å²) in [6.45, 7) is 3.48. The van der Waals surface area contributed by atoms with Gasteiger partial charge in [-0.15, -0.1) is 0 Å². The van der Waals surface area contributed by atoms with Crippen LogP contribution in [0.4, 0.5) is 0 Å². The highest BCUT2D eigenvalue weighted by atomic mass is 79.9. The second-order valence-corrected chi connectivity index (χ2v) is 5.25. The first-order valence-corrected chi connectivity index (χ1v) is 6.96. The minimum Gasteiger partial charge on any atom is -0.352 e. The maximum atomic E-state index is 12.0. The molecule has 0 unspecified atom stereocenters. The molecule has 0 radical (unpaired) electrons. The molecule has 1 aromatic heterocycles. The Morgan fingerprint density at radius 1 is 1.47 bits per heavy atom. The predicted molar refractivity (Wildman–Crippen MR) is 78.1 cm³/mol. The van der Waals surface area contributed by atoms with Crippen LogP contribution in [0.15, 0.2) is 41.4 Å². The molecule has 0 saturated carbocycles. The van der Waals surface area contributed by atoms with Crippen LogP contribution in [0.5, 0.6) is 0 Å². The summed E-state index contributed by atoms with van der Waals surface area (Å²) in [5.41, 5.74) is 1.76. The molecule has 0 saturated heterocycles. The Kier molecular flexibility index (Phi) is 4.74. The quantitative estimate of drug-likeness (QED) is 0.861. The number of nitrogens with zero attached hydrogens (tertiary/aromatic N) is 2. The summed E-state index contributed by atoms with van der Waals surface area (Å²) in [6.07, 6.45) is 6.33. The van der Waals surface area contributed by atoms with Gasteiger partial charge < -0.3 is 9.88 Å². The molecule has 0 spiro atoms. The van der Waals surface area contributed by atoms with Crippen molar-refractivity contribution in [1.29, 1.82) is 0 Å². The van der Waals surface area contributed by atoms with E-state index in [1.54, 1.807) is 12.5 Å².